The van der Waals surface area contributed by atoms with Gasteiger partial charge in [0.2, 0.25) is 0 Å². The quantitative estimate of drug-likeness (QED) is 0.496. The van der Waals surface area contributed by atoms with Gasteiger partial charge in [0.15, 0.2) is 0 Å². The van der Waals surface area contributed by atoms with Gasteiger partial charge < -0.3 is 0 Å². The van der Waals surface area contributed by atoms with Gasteiger partial charge in [-0.1, -0.05) is 30.2 Å². The van der Waals surface area contributed by atoms with E-state index in [-0.39, 0.29) is 0 Å². The maximum atomic E-state index is 5.26. The van der Waals surface area contributed by atoms with E-state index in [1.807, 2.05) is 13.0 Å². The van der Waals surface area contributed by atoms with Crippen LogP contribution in [0.4, 0.5) is 0 Å². The van der Waals surface area contributed by atoms with Gasteiger partial charge in [-0.05, 0) is 25.3 Å². The third-order valence-corrected chi connectivity index (χ3v) is 1.75. The number of hydrogen-bond acceptors (Lipinski definition) is 0. The first-order chi connectivity index (χ1) is 5.36. The number of allylic oxidation sites excluding steroid dienone is 6. The van der Waals surface area contributed by atoms with E-state index in [9.17, 15) is 0 Å². The van der Waals surface area contributed by atoms with Crippen molar-refractivity contribution in [3.63, 3.8) is 0 Å². The summed E-state index contributed by atoms with van der Waals surface area (Å²) in [5, 5.41) is 0. The van der Waals surface area contributed by atoms with E-state index in [0.29, 0.717) is 0 Å². The van der Waals surface area contributed by atoms with E-state index in [1.165, 1.54) is 5.57 Å². The molecule has 1 aliphatic carbocycles. The van der Waals surface area contributed by atoms with E-state index in [0.717, 1.165) is 18.4 Å². The van der Waals surface area contributed by atoms with Crippen LogP contribution >= 0.6 is 0 Å². The Balaban J connectivity index is 2.71. The van der Waals surface area contributed by atoms with Crippen LogP contribution in [-0.4, -0.2) is 0 Å². The lowest BCUT2D eigenvalue weighted by atomic mass is 9.99. The molecule has 56 valence electrons. The SMILES string of the molecule is C#CC1=CC=C(/C=C\C)CC1. The van der Waals surface area contributed by atoms with Crippen molar-refractivity contribution in [2.75, 3.05) is 0 Å². The van der Waals surface area contributed by atoms with Crippen LogP contribution < -0.4 is 0 Å². The van der Waals surface area contributed by atoms with Gasteiger partial charge >= 0.3 is 0 Å². The standard InChI is InChI=1S/C11H12/c1-3-5-11-8-6-10(4-2)7-9-11/h2-3,5-6,8H,7,9H2,1H3/b5-3-. The number of hydrogen-bond donors (Lipinski definition) is 0. The Morgan fingerprint density at radius 3 is 2.73 bits per heavy atom. The minimum atomic E-state index is 1.02. The molecule has 0 radical (unpaired) electrons. The molecule has 0 aromatic heterocycles. The van der Waals surface area contributed by atoms with Crippen molar-refractivity contribution in [1.29, 1.82) is 0 Å². The molecule has 0 saturated carbocycles. The average Bonchev–Trinajstić information content (AvgIpc) is 2.07. The first-order valence-electron chi connectivity index (χ1n) is 3.86. The van der Waals surface area contributed by atoms with Crippen LogP contribution in [0.1, 0.15) is 19.8 Å². The van der Waals surface area contributed by atoms with E-state index in [1.54, 1.807) is 0 Å². The summed E-state index contributed by atoms with van der Waals surface area (Å²) in [5.74, 6) is 2.66. The molecule has 0 spiro atoms. The summed E-state index contributed by atoms with van der Waals surface area (Å²) >= 11 is 0. The number of rotatable bonds is 1. The molecule has 0 saturated heterocycles. The fourth-order valence-electron chi connectivity index (χ4n) is 1.13. The van der Waals surface area contributed by atoms with Gasteiger partial charge in [-0.2, -0.15) is 0 Å². The third kappa shape index (κ3) is 2.13. The molecule has 0 nitrogen and oxygen atoms in total. The zero-order valence-corrected chi connectivity index (χ0v) is 6.80. The summed E-state index contributed by atoms with van der Waals surface area (Å²) in [6, 6.07) is 0. The molecule has 0 fully saturated rings. The van der Waals surface area contributed by atoms with Crippen LogP contribution in [0.3, 0.4) is 0 Å². The zero-order chi connectivity index (χ0) is 8.10. The highest BCUT2D eigenvalue weighted by Crippen LogP contribution is 2.18. The summed E-state index contributed by atoms with van der Waals surface area (Å²) in [7, 11) is 0. The lowest BCUT2D eigenvalue weighted by Gasteiger charge is -2.06. The van der Waals surface area contributed by atoms with Crippen LogP contribution in [0.5, 0.6) is 0 Å². The van der Waals surface area contributed by atoms with Gasteiger partial charge in [-0.3, -0.25) is 0 Å². The highest BCUT2D eigenvalue weighted by atomic mass is 14.0. The monoisotopic (exact) mass is 144 g/mol. The Morgan fingerprint density at radius 1 is 1.45 bits per heavy atom. The largest absolute Gasteiger partial charge is 0.115 e. The lowest BCUT2D eigenvalue weighted by molar-refractivity contribution is 0.959. The molecule has 0 aliphatic heterocycles. The molecular weight excluding hydrogens is 132 g/mol. The fourth-order valence-corrected chi connectivity index (χ4v) is 1.13. The van der Waals surface area contributed by atoms with Gasteiger partial charge in [0, 0.05) is 5.57 Å². The summed E-state index contributed by atoms with van der Waals surface area (Å²) < 4.78 is 0. The second-order valence-electron chi connectivity index (χ2n) is 2.58. The second kappa shape index (κ2) is 3.83. The predicted molar refractivity (Wildman–Crippen MR) is 49.0 cm³/mol. The summed E-state index contributed by atoms with van der Waals surface area (Å²) in [5.41, 5.74) is 2.48. The van der Waals surface area contributed by atoms with Gasteiger partial charge in [-0.25, -0.2) is 0 Å². The Bertz CT molecular complexity index is 256. The smallest absolute Gasteiger partial charge is 0.00210 e. The molecule has 0 heteroatoms. The molecule has 0 atom stereocenters. The fraction of sp³-hybridized carbons (Fsp3) is 0.273. The topological polar surface area (TPSA) is 0 Å². The van der Waals surface area contributed by atoms with Crippen LogP contribution in [0, 0.1) is 12.3 Å². The Kier molecular flexibility index (Phi) is 2.74. The van der Waals surface area contributed by atoms with Crippen LogP contribution in [-0.2, 0) is 0 Å². The molecule has 0 amide bonds. The maximum Gasteiger partial charge on any atom is 0.00210 e. The molecule has 0 aromatic rings. The van der Waals surface area contributed by atoms with E-state index < -0.39 is 0 Å². The Labute approximate surface area is 68.3 Å². The Hall–Kier alpha value is -1.22. The minimum Gasteiger partial charge on any atom is -0.115 e. The first-order valence-corrected chi connectivity index (χ1v) is 3.86. The lowest BCUT2D eigenvalue weighted by Crippen LogP contribution is -1.88. The van der Waals surface area contributed by atoms with Gasteiger partial charge in [0.25, 0.3) is 0 Å². The highest BCUT2D eigenvalue weighted by Gasteiger charge is 2.00. The van der Waals surface area contributed by atoms with E-state index >= 15 is 0 Å². The summed E-state index contributed by atoms with van der Waals surface area (Å²) in [6.45, 7) is 2.03. The van der Waals surface area contributed by atoms with E-state index in [2.05, 4.69) is 24.1 Å². The zero-order valence-electron chi connectivity index (χ0n) is 6.80. The van der Waals surface area contributed by atoms with Crippen LogP contribution in [0.15, 0.2) is 35.5 Å². The molecule has 11 heavy (non-hydrogen) atoms. The van der Waals surface area contributed by atoms with Crippen molar-refractivity contribution in [3.05, 3.63) is 35.5 Å². The second-order valence-corrected chi connectivity index (χ2v) is 2.58. The van der Waals surface area contributed by atoms with Crippen molar-refractivity contribution in [2.24, 2.45) is 0 Å². The normalized spacial score (nSPS) is 17.5. The molecule has 1 rings (SSSR count). The first kappa shape index (κ1) is 7.88. The van der Waals surface area contributed by atoms with Crippen molar-refractivity contribution >= 4 is 0 Å². The average molecular weight is 144 g/mol. The maximum absolute atomic E-state index is 5.26. The molecule has 1 aliphatic rings. The van der Waals surface area contributed by atoms with Crippen molar-refractivity contribution in [3.8, 4) is 12.3 Å². The molecule has 0 heterocycles. The molecular formula is C11H12. The molecule has 0 unspecified atom stereocenters. The Morgan fingerprint density at radius 2 is 2.27 bits per heavy atom. The van der Waals surface area contributed by atoms with Crippen molar-refractivity contribution in [2.45, 2.75) is 19.8 Å². The third-order valence-electron chi connectivity index (χ3n) is 1.75. The highest BCUT2D eigenvalue weighted by molar-refractivity contribution is 5.37. The van der Waals surface area contributed by atoms with Crippen molar-refractivity contribution < 1.29 is 0 Å². The van der Waals surface area contributed by atoms with E-state index in [4.69, 9.17) is 6.42 Å². The van der Waals surface area contributed by atoms with Gasteiger partial charge in [0.05, 0.1) is 0 Å². The van der Waals surface area contributed by atoms with Gasteiger partial charge in [0.1, 0.15) is 0 Å². The van der Waals surface area contributed by atoms with Crippen LogP contribution in [0.25, 0.3) is 0 Å². The molecule has 0 N–H and O–H groups in total. The molecule has 0 aromatic carbocycles. The molecule has 0 bridgehead atoms. The summed E-state index contributed by atoms with van der Waals surface area (Å²) in [6.07, 6.45) is 15.7. The summed E-state index contributed by atoms with van der Waals surface area (Å²) in [4.78, 5) is 0. The minimum absolute atomic E-state index is 1.02. The predicted octanol–water partition coefficient (Wildman–Crippen LogP) is 2.84. The number of terminal acetylenes is 1. The van der Waals surface area contributed by atoms with Crippen LogP contribution in [0.2, 0.25) is 0 Å². The van der Waals surface area contributed by atoms with Crippen molar-refractivity contribution in [1.82, 2.24) is 0 Å². The van der Waals surface area contributed by atoms with Gasteiger partial charge in [-0.15, -0.1) is 6.42 Å².